The van der Waals surface area contributed by atoms with E-state index in [2.05, 4.69) is 72.5 Å². The summed E-state index contributed by atoms with van der Waals surface area (Å²) in [5.41, 5.74) is 5.67. The molecular weight excluding hydrogens is 262 g/mol. The van der Waals surface area contributed by atoms with Crippen LogP contribution in [-0.4, -0.2) is 11.8 Å². The van der Waals surface area contributed by atoms with Crippen molar-refractivity contribution >= 4 is 17.4 Å². The van der Waals surface area contributed by atoms with Crippen molar-refractivity contribution in [1.29, 1.82) is 0 Å². The Hall–Kier alpha value is -1.41. The van der Waals surface area contributed by atoms with E-state index in [1.54, 1.807) is 0 Å². The number of aryl methyl sites for hydroxylation is 2. The first-order valence-corrected chi connectivity index (χ1v) is 8.35. The molecule has 0 aromatic heterocycles. The van der Waals surface area contributed by atoms with E-state index in [4.69, 9.17) is 0 Å². The smallest absolute Gasteiger partial charge is 0.0373 e. The Balaban J connectivity index is 1.59. The van der Waals surface area contributed by atoms with Gasteiger partial charge in [0.1, 0.15) is 0 Å². The first kappa shape index (κ1) is 13.6. The van der Waals surface area contributed by atoms with Crippen LogP contribution < -0.4 is 5.32 Å². The molecule has 2 aromatic rings. The van der Waals surface area contributed by atoms with Crippen molar-refractivity contribution in [2.45, 2.75) is 30.8 Å². The molecule has 0 aliphatic carbocycles. The van der Waals surface area contributed by atoms with Gasteiger partial charge in [-0.25, -0.2) is 0 Å². The van der Waals surface area contributed by atoms with E-state index in [1.807, 2.05) is 0 Å². The third kappa shape index (κ3) is 3.18. The molecule has 0 bridgehead atoms. The summed E-state index contributed by atoms with van der Waals surface area (Å²) in [5, 5.41) is 4.30. The average molecular weight is 283 g/mol. The highest BCUT2D eigenvalue weighted by atomic mass is 32.2. The molecule has 1 nitrogen and oxygen atoms in total. The number of hydrogen-bond acceptors (Lipinski definition) is 2. The van der Waals surface area contributed by atoms with Gasteiger partial charge in [-0.05, 0) is 42.5 Å². The lowest BCUT2D eigenvalue weighted by atomic mass is 10.1. The zero-order valence-corrected chi connectivity index (χ0v) is 12.7. The Bertz CT molecular complexity index is 552. The number of nitrogens with one attached hydrogen (secondary N) is 1. The van der Waals surface area contributed by atoms with Crippen molar-refractivity contribution in [3.63, 3.8) is 0 Å². The average Bonchev–Trinajstić information content (AvgIpc) is 2.69. The van der Waals surface area contributed by atoms with Gasteiger partial charge in [-0.3, -0.25) is 0 Å². The summed E-state index contributed by atoms with van der Waals surface area (Å²) < 4.78 is 0. The largest absolute Gasteiger partial charge is 0.384 e. The van der Waals surface area contributed by atoms with Crippen LogP contribution in [0.3, 0.4) is 0 Å². The summed E-state index contributed by atoms with van der Waals surface area (Å²) in [4.78, 5) is 0. The first-order chi connectivity index (χ1) is 9.83. The van der Waals surface area contributed by atoms with Gasteiger partial charge in [-0.1, -0.05) is 42.5 Å². The molecule has 1 unspecified atom stereocenters. The van der Waals surface area contributed by atoms with Crippen LogP contribution in [0.15, 0.2) is 48.5 Å². The highest BCUT2D eigenvalue weighted by Crippen LogP contribution is 2.28. The van der Waals surface area contributed by atoms with Crippen LogP contribution in [0.4, 0.5) is 5.69 Å². The third-order valence-corrected chi connectivity index (χ3v) is 5.36. The van der Waals surface area contributed by atoms with Crippen molar-refractivity contribution < 1.29 is 0 Å². The lowest BCUT2D eigenvalue weighted by Gasteiger charge is -2.15. The summed E-state index contributed by atoms with van der Waals surface area (Å²) in [6.07, 6.45) is 2.45. The van der Waals surface area contributed by atoms with E-state index >= 15 is 0 Å². The van der Waals surface area contributed by atoms with Gasteiger partial charge in [0.2, 0.25) is 0 Å². The molecule has 0 saturated carbocycles. The normalized spacial score (nSPS) is 17.9. The Morgan fingerprint density at radius 2 is 1.90 bits per heavy atom. The molecule has 1 heterocycles. The minimum absolute atomic E-state index is 0.696. The molecule has 1 atom stereocenters. The van der Waals surface area contributed by atoms with Gasteiger partial charge in [0.25, 0.3) is 0 Å². The summed E-state index contributed by atoms with van der Waals surface area (Å²) in [6, 6.07) is 17.4. The lowest BCUT2D eigenvalue weighted by molar-refractivity contribution is 0.803. The van der Waals surface area contributed by atoms with Gasteiger partial charge >= 0.3 is 0 Å². The molecular formula is C18H21NS. The van der Waals surface area contributed by atoms with Crippen molar-refractivity contribution in [2.24, 2.45) is 0 Å². The SMILES string of the molecule is Cc1ccccc1CSC1CCc2ccccc2NC1. The van der Waals surface area contributed by atoms with Crippen LogP contribution in [0.2, 0.25) is 0 Å². The van der Waals surface area contributed by atoms with Gasteiger partial charge in [0.05, 0.1) is 0 Å². The fourth-order valence-electron chi connectivity index (χ4n) is 2.68. The Labute approximate surface area is 125 Å². The third-order valence-electron chi connectivity index (χ3n) is 4.01. The number of para-hydroxylation sites is 1. The highest BCUT2D eigenvalue weighted by Gasteiger charge is 2.15. The van der Waals surface area contributed by atoms with Crippen molar-refractivity contribution in [1.82, 2.24) is 0 Å². The van der Waals surface area contributed by atoms with Crippen LogP contribution in [-0.2, 0) is 12.2 Å². The van der Waals surface area contributed by atoms with Crippen LogP contribution in [0.5, 0.6) is 0 Å². The summed E-state index contributed by atoms with van der Waals surface area (Å²) in [7, 11) is 0. The van der Waals surface area contributed by atoms with E-state index < -0.39 is 0 Å². The fraction of sp³-hybridized carbons (Fsp3) is 0.333. The first-order valence-electron chi connectivity index (χ1n) is 7.31. The number of anilines is 1. The Morgan fingerprint density at radius 1 is 1.10 bits per heavy atom. The standard InChI is InChI=1S/C18H21NS/c1-14-6-2-3-8-16(14)13-20-17-11-10-15-7-4-5-9-18(15)19-12-17/h2-9,17,19H,10-13H2,1H3. The second-order valence-electron chi connectivity index (χ2n) is 5.44. The topological polar surface area (TPSA) is 12.0 Å². The number of hydrogen-bond donors (Lipinski definition) is 1. The molecule has 0 spiro atoms. The van der Waals surface area contributed by atoms with Crippen LogP contribution in [0, 0.1) is 6.92 Å². The Kier molecular flexibility index (Phi) is 4.31. The monoisotopic (exact) mass is 283 g/mol. The summed E-state index contributed by atoms with van der Waals surface area (Å²) >= 11 is 2.09. The Morgan fingerprint density at radius 3 is 2.80 bits per heavy atom. The van der Waals surface area contributed by atoms with Crippen LogP contribution in [0.25, 0.3) is 0 Å². The van der Waals surface area contributed by atoms with Crippen molar-refractivity contribution in [3.8, 4) is 0 Å². The predicted molar refractivity (Wildman–Crippen MR) is 89.5 cm³/mol. The molecule has 1 N–H and O–H groups in total. The van der Waals surface area contributed by atoms with Gasteiger partial charge in [0.15, 0.2) is 0 Å². The second kappa shape index (κ2) is 6.36. The molecule has 104 valence electrons. The van der Waals surface area contributed by atoms with Crippen molar-refractivity contribution in [3.05, 3.63) is 65.2 Å². The molecule has 0 radical (unpaired) electrons. The number of benzene rings is 2. The molecule has 0 fully saturated rings. The van der Waals surface area contributed by atoms with Gasteiger partial charge in [0, 0.05) is 23.2 Å². The molecule has 2 heteroatoms. The van der Waals surface area contributed by atoms with Gasteiger partial charge in [-0.15, -0.1) is 0 Å². The summed E-state index contributed by atoms with van der Waals surface area (Å²) in [5.74, 6) is 1.12. The highest BCUT2D eigenvalue weighted by molar-refractivity contribution is 7.99. The minimum atomic E-state index is 0.696. The second-order valence-corrected chi connectivity index (χ2v) is 6.72. The molecule has 3 rings (SSSR count). The van der Waals surface area contributed by atoms with Crippen LogP contribution in [0.1, 0.15) is 23.1 Å². The molecule has 20 heavy (non-hydrogen) atoms. The zero-order chi connectivity index (χ0) is 13.8. The zero-order valence-electron chi connectivity index (χ0n) is 11.9. The summed E-state index contributed by atoms with van der Waals surface area (Å²) in [6.45, 7) is 3.28. The minimum Gasteiger partial charge on any atom is -0.384 e. The predicted octanol–water partition coefficient (Wildman–Crippen LogP) is 4.66. The maximum Gasteiger partial charge on any atom is 0.0373 e. The van der Waals surface area contributed by atoms with Gasteiger partial charge in [-0.2, -0.15) is 11.8 Å². The number of fused-ring (bicyclic) bond motifs is 1. The lowest BCUT2D eigenvalue weighted by Crippen LogP contribution is -2.14. The molecule has 2 aromatic carbocycles. The van der Waals surface area contributed by atoms with E-state index in [0.29, 0.717) is 5.25 Å². The van der Waals surface area contributed by atoms with Crippen molar-refractivity contribution in [2.75, 3.05) is 11.9 Å². The van der Waals surface area contributed by atoms with E-state index in [-0.39, 0.29) is 0 Å². The molecule has 0 saturated heterocycles. The van der Waals surface area contributed by atoms with E-state index in [1.165, 1.54) is 35.2 Å². The number of rotatable bonds is 3. The molecule has 1 aliphatic heterocycles. The molecule has 0 amide bonds. The molecule has 1 aliphatic rings. The quantitative estimate of drug-likeness (QED) is 0.879. The fourth-order valence-corrected chi connectivity index (χ4v) is 3.90. The number of thioether (sulfide) groups is 1. The van der Waals surface area contributed by atoms with Gasteiger partial charge < -0.3 is 5.32 Å². The van der Waals surface area contributed by atoms with Crippen LogP contribution >= 0.6 is 11.8 Å². The maximum atomic E-state index is 3.61. The van der Waals surface area contributed by atoms with E-state index in [9.17, 15) is 0 Å². The van der Waals surface area contributed by atoms with E-state index in [0.717, 1.165) is 12.3 Å². The maximum absolute atomic E-state index is 3.61.